The number of hydrogen-bond donors (Lipinski definition) is 0. The van der Waals surface area contributed by atoms with E-state index in [1.807, 2.05) is 42.5 Å². The van der Waals surface area contributed by atoms with Crippen LogP contribution in [-0.4, -0.2) is 19.4 Å². The molecule has 0 atom stereocenters. The molecule has 0 saturated heterocycles. The van der Waals surface area contributed by atoms with Crippen LogP contribution >= 0.6 is 11.8 Å². The van der Waals surface area contributed by atoms with Gasteiger partial charge in [-0.1, -0.05) is 67.8 Å². The highest BCUT2D eigenvalue weighted by atomic mass is 32.2. The van der Waals surface area contributed by atoms with Crippen molar-refractivity contribution >= 4 is 24.0 Å². The smallest absolute Gasteiger partial charge is 0.308 e. The number of rotatable bonds is 5. The van der Waals surface area contributed by atoms with E-state index in [1.54, 1.807) is 11.8 Å². The Labute approximate surface area is 160 Å². The topological polar surface area (TPSA) is 43.4 Å². The minimum atomic E-state index is -0.0142. The lowest BCUT2D eigenvalue weighted by molar-refractivity contribution is -0.146. The summed E-state index contributed by atoms with van der Waals surface area (Å²) >= 11 is 1.69. The molecule has 138 valence electrons. The molecule has 3 nitrogen and oxygen atoms in total. The molecule has 0 aliphatic heterocycles. The third kappa shape index (κ3) is 6.68. The van der Waals surface area contributed by atoms with E-state index in [9.17, 15) is 9.59 Å². The highest BCUT2D eigenvalue weighted by molar-refractivity contribution is 7.98. The van der Waals surface area contributed by atoms with Gasteiger partial charge in [0.25, 0.3) is 0 Å². The van der Waals surface area contributed by atoms with Gasteiger partial charge in [0, 0.05) is 16.2 Å². The average Bonchev–Trinajstić information content (AvgIpc) is 2.73. The van der Waals surface area contributed by atoms with Crippen LogP contribution in [0.3, 0.4) is 0 Å². The first kappa shape index (κ1) is 20.2. The third-order valence-corrected chi connectivity index (χ3v) is 5.58. The van der Waals surface area contributed by atoms with Crippen molar-refractivity contribution in [1.82, 2.24) is 0 Å². The molecule has 0 amide bonds. The molecule has 2 aromatic rings. The minimum absolute atomic E-state index is 0.0142. The summed E-state index contributed by atoms with van der Waals surface area (Å²) in [6, 6.07) is 17.9. The lowest BCUT2D eigenvalue weighted by Gasteiger charge is -2.18. The molecular formula is C22H26O3S. The Bertz CT molecular complexity index is 679. The molecular weight excluding hydrogens is 344 g/mol. The molecule has 0 unspecified atom stereocenters. The van der Waals surface area contributed by atoms with E-state index in [0.29, 0.717) is 0 Å². The van der Waals surface area contributed by atoms with E-state index in [-0.39, 0.29) is 11.9 Å². The standard InChI is InChI=1S/C14H12OS.C8H14O2/c15-10-13-8-4-5-9-14(13)16-11-12-6-2-1-3-7-12;1-10-8(9)7-5-3-2-4-6-7/h1-10H,11H2;7H,2-6H2,1H3. The van der Waals surface area contributed by atoms with Crippen molar-refractivity contribution in [3.05, 3.63) is 65.7 Å². The van der Waals surface area contributed by atoms with E-state index in [0.717, 1.165) is 35.3 Å². The zero-order valence-corrected chi connectivity index (χ0v) is 16.0. The normalized spacial score (nSPS) is 14.0. The van der Waals surface area contributed by atoms with Gasteiger partial charge in [-0.15, -0.1) is 11.8 Å². The van der Waals surface area contributed by atoms with Crippen LogP contribution in [-0.2, 0) is 15.3 Å². The zero-order valence-electron chi connectivity index (χ0n) is 15.2. The molecule has 1 aliphatic carbocycles. The summed E-state index contributed by atoms with van der Waals surface area (Å²) in [5.74, 6) is 1.09. The number of hydrogen-bond acceptors (Lipinski definition) is 4. The Morgan fingerprint density at radius 1 is 1.04 bits per heavy atom. The summed E-state index contributed by atoms with van der Waals surface area (Å²) in [6.07, 6.45) is 6.65. The number of carbonyl (C=O) groups excluding carboxylic acids is 2. The molecule has 4 heteroatoms. The summed E-state index contributed by atoms with van der Waals surface area (Å²) in [5.41, 5.74) is 2.04. The monoisotopic (exact) mass is 370 g/mol. The number of methoxy groups -OCH3 is 1. The van der Waals surface area contributed by atoms with E-state index in [2.05, 4.69) is 16.9 Å². The van der Waals surface area contributed by atoms with Crippen LogP contribution in [0.4, 0.5) is 0 Å². The molecule has 1 aliphatic rings. The second kappa shape index (κ2) is 11.5. The van der Waals surface area contributed by atoms with Gasteiger partial charge in [0.1, 0.15) is 0 Å². The van der Waals surface area contributed by atoms with E-state index in [1.165, 1.54) is 31.9 Å². The highest BCUT2D eigenvalue weighted by Crippen LogP contribution is 2.25. The first-order valence-electron chi connectivity index (χ1n) is 9.03. The zero-order chi connectivity index (χ0) is 18.6. The van der Waals surface area contributed by atoms with Crippen molar-refractivity contribution in [2.24, 2.45) is 5.92 Å². The molecule has 0 bridgehead atoms. The summed E-state index contributed by atoms with van der Waals surface area (Å²) in [7, 11) is 1.47. The minimum Gasteiger partial charge on any atom is -0.469 e. The second-order valence-corrected chi connectivity index (χ2v) is 7.31. The van der Waals surface area contributed by atoms with Crippen molar-refractivity contribution in [2.45, 2.75) is 42.8 Å². The van der Waals surface area contributed by atoms with Gasteiger partial charge in [0.2, 0.25) is 0 Å². The van der Waals surface area contributed by atoms with E-state index in [4.69, 9.17) is 0 Å². The average molecular weight is 371 g/mol. The van der Waals surface area contributed by atoms with Crippen LogP contribution in [0.1, 0.15) is 48.0 Å². The molecule has 1 saturated carbocycles. The van der Waals surface area contributed by atoms with E-state index >= 15 is 0 Å². The Kier molecular flexibility index (Phi) is 8.98. The van der Waals surface area contributed by atoms with Crippen LogP contribution in [0, 0.1) is 5.92 Å². The van der Waals surface area contributed by atoms with Crippen LogP contribution in [0.15, 0.2) is 59.5 Å². The van der Waals surface area contributed by atoms with Crippen molar-refractivity contribution < 1.29 is 14.3 Å². The summed E-state index contributed by atoms with van der Waals surface area (Å²) in [4.78, 5) is 22.8. The fraction of sp³-hybridized carbons (Fsp3) is 0.364. The lowest BCUT2D eigenvalue weighted by Crippen LogP contribution is -2.18. The van der Waals surface area contributed by atoms with Crippen LogP contribution < -0.4 is 0 Å². The number of benzene rings is 2. The molecule has 0 aromatic heterocycles. The Balaban J connectivity index is 0.000000209. The van der Waals surface area contributed by atoms with Gasteiger partial charge in [-0.05, 0) is 24.5 Å². The van der Waals surface area contributed by atoms with Gasteiger partial charge in [-0.3, -0.25) is 9.59 Å². The SMILES string of the molecule is COC(=O)C1CCCCC1.O=Cc1ccccc1SCc1ccccc1. The Hall–Kier alpha value is -2.07. The van der Waals surface area contributed by atoms with Crippen LogP contribution in [0.25, 0.3) is 0 Å². The first-order valence-corrected chi connectivity index (χ1v) is 10.0. The molecule has 2 aromatic carbocycles. The summed E-state index contributed by atoms with van der Waals surface area (Å²) < 4.78 is 4.65. The largest absolute Gasteiger partial charge is 0.469 e. The van der Waals surface area contributed by atoms with E-state index < -0.39 is 0 Å². The maximum Gasteiger partial charge on any atom is 0.308 e. The summed E-state index contributed by atoms with van der Waals surface area (Å²) in [5, 5.41) is 0. The number of esters is 1. The molecule has 0 radical (unpaired) electrons. The van der Waals surface area contributed by atoms with Gasteiger partial charge in [0.05, 0.1) is 13.0 Å². The van der Waals surface area contributed by atoms with Gasteiger partial charge in [-0.2, -0.15) is 0 Å². The number of ether oxygens (including phenoxy) is 1. The van der Waals surface area contributed by atoms with Crippen molar-refractivity contribution in [1.29, 1.82) is 0 Å². The summed E-state index contributed by atoms with van der Waals surface area (Å²) in [6.45, 7) is 0. The molecule has 3 rings (SSSR count). The van der Waals surface area contributed by atoms with Gasteiger partial charge >= 0.3 is 5.97 Å². The van der Waals surface area contributed by atoms with Crippen LogP contribution in [0.2, 0.25) is 0 Å². The predicted molar refractivity (Wildman–Crippen MR) is 106 cm³/mol. The number of carbonyl (C=O) groups is 2. The van der Waals surface area contributed by atoms with Gasteiger partial charge in [-0.25, -0.2) is 0 Å². The highest BCUT2D eigenvalue weighted by Gasteiger charge is 2.20. The Morgan fingerprint density at radius 2 is 1.69 bits per heavy atom. The molecule has 0 spiro atoms. The predicted octanol–water partition coefficient (Wildman–Crippen LogP) is 5.53. The fourth-order valence-corrected chi connectivity index (χ4v) is 3.92. The second-order valence-electron chi connectivity index (χ2n) is 6.29. The van der Waals surface area contributed by atoms with Gasteiger partial charge < -0.3 is 4.74 Å². The lowest BCUT2D eigenvalue weighted by atomic mass is 9.89. The van der Waals surface area contributed by atoms with Crippen LogP contribution in [0.5, 0.6) is 0 Å². The maximum absolute atomic E-state index is 10.9. The number of thioether (sulfide) groups is 1. The molecule has 1 fully saturated rings. The molecule has 26 heavy (non-hydrogen) atoms. The maximum atomic E-state index is 10.9. The molecule has 0 heterocycles. The third-order valence-electron chi connectivity index (χ3n) is 4.42. The quantitative estimate of drug-likeness (QED) is 0.394. The van der Waals surface area contributed by atoms with Crippen molar-refractivity contribution in [3.8, 4) is 0 Å². The van der Waals surface area contributed by atoms with Crippen molar-refractivity contribution in [2.75, 3.05) is 7.11 Å². The first-order chi connectivity index (χ1) is 12.7. The Morgan fingerprint density at radius 3 is 2.35 bits per heavy atom. The fourth-order valence-electron chi connectivity index (χ4n) is 2.95. The van der Waals surface area contributed by atoms with Crippen molar-refractivity contribution in [3.63, 3.8) is 0 Å². The van der Waals surface area contributed by atoms with Gasteiger partial charge in [0.15, 0.2) is 6.29 Å². The number of aldehydes is 1. The molecule has 0 N–H and O–H groups in total.